The molecule has 5 nitrogen and oxygen atoms in total. The summed E-state index contributed by atoms with van der Waals surface area (Å²) in [4.78, 5) is 4.75. The molecule has 0 bridgehead atoms. The Labute approximate surface area is 156 Å². The molecule has 2 atom stereocenters. The molecule has 24 heavy (non-hydrogen) atoms. The molecule has 126 valence electrons. The van der Waals surface area contributed by atoms with Gasteiger partial charge in [-0.3, -0.25) is 0 Å². The van der Waals surface area contributed by atoms with Crippen LogP contribution in [0.25, 0.3) is 22.2 Å². The van der Waals surface area contributed by atoms with Crippen molar-refractivity contribution >= 4 is 39.4 Å². The topological polar surface area (TPSA) is 47.7 Å². The lowest BCUT2D eigenvalue weighted by Crippen LogP contribution is -2.15. The minimum Gasteiger partial charge on any atom is -0.332 e. The Hall–Kier alpha value is -0.980. The SMILES string of the molecule is IPn1cc(-c2cnc3c(ccn3CC3CCCNCC3)c2)cn1. The van der Waals surface area contributed by atoms with Crippen molar-refractivity contribution in [2.75, 3.05) is 13.1 Å². The van der Waals surface area contributed by atoms with Crippen LogP contribution in [0.5, 0.6) is 0 Å². The van der Waals surface area contributed by atoms with Crippen LogP contribution in [0.4, 0.5) is 0 Å². The lowest BCUT2D eigenvalue weighted by atomic mass is 10.0. The van der Waals surface area contributed by atoms with E-state index in [9.17, 15) is 0 Å². The van der Waals surface area contributed by atoms with E-state index in [1.54, 1.807) is 0 Å². The van der Waals surface area contributed by atoms with E-state index in [-0.39, 0.29) is 0 Å². The molecule has 1 aliphatic heterocycles. The van der Waals surface area contributed by atoms with E-state index in [0.717, 1.165) is 42.3 Å². The van der Waals surface area contributed by atoms with Gasteiger partial charge >= 0.3 is 0 Å². The van der Waals surface area contributed by atoms with Crippen LogP contribution in [0.1, 0.15) is 19.3 Å². The molecular formula is C17H21IN5P. The van der Waals surface area contributed by atoms with Crippen LogP contribution < -0.4 is 5.32 Å². The molecule has 1 aliphatic rings. The third-order valence-electron chi connectivity index (χ3n) is 4.75. The smallest absolute Gasteiger partial charge is 0.139 e. The second kappa shape index (κ2) is 7.50. The van der Waals surface area contributed by atoms with Crippen molar-refractivity contribution in [1.82, 2.24) is 24.4 Å². The van der Waals surface area contributed by atoms with Gasteiger partial charge in [0.2, 0.25) is 0 Å². The first-order valence-corrected chi connectivity index (χ1v) is 12.5. The number of hydrogen-bond acceptors (Lipinski definition) is 3. The highest BCUT2D eigenvalue weighted by molar-refractivity contribution is 14.2. The van der Waals surface area contributed by atoms with Crippen molar-refractivity contribution in [3.05, 3.63) is 36.9 Å². The second-order valence-electron chi connectivity index (χ2n) is 6.41. The number of aromatic nitrogens is 4. The lowest BCUT2D eigenvalue weighted by molar-refractivity contribution is 0.409. The lowest BCUT2D eigenvalue weighted by Gasteiger charge is -2.15. The van der Waals surface area contributed by atoms with Crippen molar-refractivity contribution in [1.29, 1.82) is 0 Å². The molecular weight excluding hydrogens is 432 g/mol. The number of nitrogens with zero attached hydrogens (tertiary/aromatic N) is 4. The van der Waals surface area contributed by atoms with Gasteiger partial charge in [-0.2, -0.15) is 5.10 Å². The minimum absolute atomic E-state index is 0.629. The number of nitrogens with one attached hydrogen (secondary N) is 1. The fraction of sp³-hybridized carbons (Fsp3) is 0.412. The molecule has 1 N–H and O–H groups in total. The van der Waals surface area contributed by atoms with Crippen molar-refractivity contribution in [3.63, 3.8) is 0 Å². The second-order valence-corrected chi connectivity index (χ2v) is 8.48. The number of halogens is 1. The first-order chi connectivity index (χ1) is 11.8. The average Bonchev–Trinajstić information content (AvgIpc) is 3.16. The van der Waals surface area contributed by atoms with Gasteiger partial charge in [0.15, 0.2) is 0 Å². The zero-order valence-electron chi connectivity index (χ0n) is 13.5. The molecule has 4 heterocycles. The van der Waals surface area contributed by atoms with Crippen LogP contribution in [0, 0.1) is 5.92 Å². The van der Waals surface area contributed by atoms with Crippen LogP contribution in [-0.2, 0) is 6.54 Å². The number of pyridine rings is 1. The molecule has 1 saturated heterocycles. The summed E-state index contributed by atoms with van der Waals surface area (Å²) in [6, 6.07) is 4.41. The van der Waals surface area contributed by atoms with Crippen LogP contribution in [-0.4, -0.2) is 32.2 Å². The average molecular weight is 453 g/mol. The van der Waals surface area contributed by atoms with Crippen molar-refractivity contribution in [3.8, 4) is 11.1 Å². The zero-order chi connectivity index (χ0) is 16.4. The Kier molecular flexibility index (Phi) is 5.15. The predicted octanol–water partition coefficient (Wildman–Crippen LogP) is 4.08. The van der Waals surface area contributed by atoms with Gasteiger partial charge in [0.1, 0.15) is 5.65 Å². The normalized spacial score (nSPS) is 19.3. The largest absolute Gasteiger partial charge is 0.332 e. The number of fused-ring (bicyclic) bond motifs is 1. The summed E-state index contributed by atoms with van der Waals surface area (Å²) in [5.41, 5.74) is 3.37. The molecule has 1 fully saturated rings. The summed E-state index contributed by atoms with van der Waals surface area (Å²) < 4.78 is 4.29. The molecule has 3 aromatic rings. The Morgan fingerprint density at radius 2 is 2.21 bits per heavy atom. The van der Waals surface area contributed by atoms with Crippen molar-refractivity contribution in [2.24, 2.45) is 5.92 Å². The van der Waals surface area contributed by atoms with Gasteiger partial charge in [-0.25, -0.2) is 9.44 Å². The molecule has 4 rings (SSSR count). The fourth-order valence-electron chi connectivity index (χ4n) is 3.45. The van der Waals surface area contributed by atoms with E-state index >= 15 is 0 Å². The number of hydrogen-bond donors (Lipinski definition) is 1. The van der Waals surface area contributed by atoms with E-state index < -0.39 is 0 Å². The van der Waals surface area contributed by atoms with Gasteiger partial charge in [-0.15, -0.1) is 0 Å². The van der Waals surface area contributed by atoms with E-state index in [0.29, 0.717) is 6.37 Å². The molecule has 0 spiro atoms. The Bertz CT molecular complexity index is 819. The highest BCUT2D eigenvalue weighted by Crippen LogP contribution is 2.28. The molecule has 0 aliphatic carbocycles. The van der Waals surface area contributed by atoms with Gasteiger partial charge < -0.3 is 9.88 Å². The first kappa shape index (κ1) is 16.5. The summed E-state index contributed by atoms with van der Waals surface area (Å²) in [5, 5.41) is 9.07. The molecule has 0 radical (unpaired) electrons. The van der Waals surface area contributed by atoms with Crippen molar-refractivity contribution in [2.45, 2.75) is 25.8 Å². The quantitative estimate of drug-likeness (QED) is 0.479. The highest BCUT2D eigenvalue weighted by Gasteiger charge is 2.14. The summed E-state index contributed by atoms with van der Waals surface area (Å²) in [7, 11) is 0. The summed E-state index contributed by atoms with van der Waals surface area (Å²) >= 11 is 2.34. The Morgan fingerprint density at radius 1 is 1.25 bits per heavy atom. The third kappa shape index (κ3) is 3.51. The van der Waals surface area contributed by atoms with E-state index in [1.807, 2.05) is 16.8 Å². The predicted molar refractivity (Wildman–Crippen MR) is 109 cm³/mol. The van der Waals surface area contributed by atoms with Crippen LogP contribution >= 0.6 is 28.4 Å². The third-order valence-corrected chi connectivity index (χ3v) is 6.65. The van der Waals surface area contributed by atoms with Gasteiger partial charge in [-0.05, 0) is 72.4 Å². The maximum Gasteiger partial charge on any atom is 0.139 e. The summed E-state index contributed by atoms with van der Waals surface area (Å²) in [6.07, 6.45) is 12.6. The standard InChI is InChI=1S/C17H21IN5P/c18-24-23-12-16(10-21-23)15-8-14-4-7-22(17(14)20-9-15)11-13-2-1-5-19-6-3-13/h4,7-10,12-13,19,24H,1-3,5-6,11H2. The summed E-state index contributed by atoms with van der Waals surface area (Å²) in [5.74, 6) is 0.750. The molecule has 0 amide bonds. The van der Waals surface area contributed by atoms with Gasteiger partial charge in [-0.1, -0.05) is 0 Å². The molecule has 0 saturated carbocycles. The highest BCUT2D eigenvalue weighted by atomic mass is 127. The molecule has 3 aromatic heterocycles. The van der Waals surface area contributed by atoms with Gasteiger partial charge in [0, 0.05) is 41.6 Å². The minimum atomic E-state index is 0.629. The maximum atomic E-state index is 4.75. The maximum absolute atomic E-state index is 4.75. The van der Waals surface area contributed by atoms with E-state index in [1.165, 1.54) is 24.6 Å². The molecule has 7 heteroatoms. The summed E-state index contributed by atoms with van der Waals surface area (Å²) in [6.45, 7) is 3.38. The Morgan fingerprint density at radius 3 is 3.08 bits per heavy atom. The number of rotatable bonds is 4. The first-order valence-electron chi connectivity index (χ1n) is 8.41. The van der Waals surface area contributed by atoms with E-state index in [4.69, 9.17) is 4.98 Å². The van der Waals surface area contributed by atoms with Gasteiger partial charge in [0.05, 0.1) is 12.6 Å². The monoisotopic (exact) mass is 453 g/mol. The van der Waals surface area contributed by atoms with Crippen LogP contribution in [0.3, 0.4) is 0 Å². The van der Waals surface area contributed by atoms with Crippen molar-refractivity contribution < 1.29 is 0 Å². The molecule has 0 aromatic carbocycles. The Balaban J connectivity index is 1.58. The van der Waals surface area contributed by atoms with Crippen LogP contribution in [0.15, 0.2) is 36.9 Å². The molecule has 2 unspecified atom stereocenters. The zero-order valence-corrected chi connectivity index (χ0v) is 16.6. The van der Waals surface area contributed by atoms with Crippen LogP contribution in [0.2, 0.25) is 0 Å². The van der Waals surface area contributed by atoms with E-state index in [2.05, 4.69) is 61.5 Å². The van der Waals surface area contributed by atoms with Gasteiger partial charge in [0.25, 0.3) is 0 Å². The fourth-order valence-corrected chi connectivity index (χ4v) is 4.53.